The number of nitrogens with one attached hydrogen (secondary N) is 3. The van der Waals surface area contributed by atoms with Crippen LogP contribution >= 0.6 is 46.6 Å². The third kappa shape index (κ3) is 12.2. The lowest BCUT2D eigenvalue weighted by Gasteiger charge is -2.31. The summed E-state index contributed by atoms with van der Waals surface area (Å²) >= 11 is 17.4. The maximum absolute atomic E-state index is 12.2. The van der Waals surface area contributed by atoms with E-state index in [1.54, 1.807) is 30.5 Å². The van der Waals surface area contributed by atoms with Crippen LogP contribution in [0.15, 0.2) is 35.3 Å². The van der Waals surface area contributed by atoms with Crippen LogP contribution in [-0.2, 0) is 40.3 Å². The van der Waals surface area contributed by atoms with Crippen LogP contribution in [0.5, 0.6) is 0 Å². The first kappa shape index (κ1) is 30.2. The molecule has 1 heterocycles. The van der Waals surface area contributed by atoms with E-state index in [1.165, 1.54) is 0 Å². The largest absolute Gasteiger partial charge is 0.445 e. The Hall–Kier alpha value is -1.04. The fourth-order valence-corrected chi connectivity index (χ4v) is 5.56. The van der Waals surface area contributed by atoms with Gasteiger partial charge in [-0.15, -0.1) is 0 Å². The first-order valence-corrected chi connectivity index (χ1v) is 14.9. The molecule has 1 aliphatic rings. The van der Waals surface area contributed by atoms with E-state index in [0.717, 1.165) is 17.3 Å². The van der Waals surface area contributed by atoms with E-state index in [2.05, 4.69) is 23.9 Å². The molecule has 1 unspecified atom stereocenters. The highest BCUT2D eigenvalue weighted by molar-refractivity contribution is 8.14. The van der Waals surface area contributed by atoms with Crippen LogP contribution in [0, 0.1) is 0 Å². The van der Waals surface area contributed by atoms with Crippen molar-refractivity contribution in [2.24, 2.45) is 4.99 Å². The van der Waals surface area contributed by atoms with E-state index in [9.17, 15) is 21.6 Å². The number of nitrogens with zero attached hydrogens (tertiary/aromatic N) is 1. The summed E-state index contributed by atoms with van der Waals surface area (Å²) in [6.07, 6.45) is 0.883. The molecule has 3 N–H and O–H groups in total. The highest BCUT2D eigenvalue weighted by atomic mass is 35.6. The van der Waals surface area contributed by atoms with Crippen LogP contribution in [0.3, 0.4) is 0 Å². The first-order chi connectivity index (χ1) is 16.3. The number of carbonyl (C=O) groups is 1. The minimum Gasteiger partial charge on any atom is -0.445 e. The summed E-state index contributed by atoms with van der Waals surface area (Å²) in [4.78, 5) is 16.3. The standard InChI is InChI=1S/C17H23Cl3N4O8S3/c1-33-15(24-35(28,29)32-11-17(18,19)20)21-8-7-13-14(10-31-34(26,27)23-13)22-16(25)30-9-12-5-3-2-4-6-12/h2-6,13-14,23H,7-11H2,1H3,(H,21,24)(H,22,25)/t13-,14?/m0/s1. The molecule has 1 fully saturated rings. The number of halogens is 3. The maximum atomic E-state index is 12.2. The van der Waals surface area contributed by atoms with E-state index in [1.807, 2.05) is 6.07 Å². The summed E-state index contributed by atoms with van der Waals surface area (Å²) in [6, 6.07) is 7.42. The topological polar surface area (TPSA) is 161 Å². The number of aliphatic imine (C=N–C) groups is 1. The molecule has 1 aromatic rings. The average Bonchev–Trinajstić information content (AvgIpc) is 2.77. The fraction of sp³-hybridized carbons (Fsp3) is 0.529. The average molecular weight is 614 g/mol. The zero-order valence-electron chi connectivity index (χ0n) is 18.1. The molecule has 35 heavy (non-hydrogen) atoms. The van der Waals surface area contributed by atoms with E-state index in [0.29, 0.717) is 0 Å². The van der Waals surface area contributed by atoms with Crippen LogP contribution in [0.2, 0.25) is 0 Å². The highest BCUT2D eigenvalue weighted by Crippen LogP contribution is 2.26. The van der Waals surface area contributed by atoms with Crippen LogP contribution in [0.1, 0.15) is 12.0 Å². The van der Waals surface area contributed by atoms with Crippen LogP contribution < -0.4 is 14.8 Å². The minimum absolute atomic E-state index is 0.0203. The van der Waals surface area contributed by atoms with Crippen LogP contribution in [-0.4, -0.2) is 70.0 Å². The molecule has 0 spiro atoms. The monoisotopic (exact) mass is 612 g/mol. The summed E-state index contributed by atoms with van der Waals surface area (Å²) in [7, 11) is -8.34. The molecule has 2 atom stereocenters. The number of thioether (sulfide) groups is 1. The second-order valence-electron chi connectivity index (χ2n) is 6.89. The molecule has 12 nitrogen and oxygen atoms in total. The molecule has 0 radical (unpaired) electrons. The van der Waals surface area contributed by atoms with Crippen LogP contribution in [0.25, 0.3) is 0 Å². The number of rotatable bonds is 9. The molecule has 198 valence electrons. The number of benzene rings is 1. The van der Waals surface area contributed by atoms with Crippen molar-refractivity contribution in [3.05, 3.63) is 35.9 Å². The summed E-state index contributed by atoms with van der Waals surface area (Å²) < 4.78 is 64.5. The van der Waals surface area contributed by atoms with Crippen molar-refractivity contribution >= 4 is 78.4 Å². The highest BCUT2D eigenvalue weighted by Gasteiger charge is 2.34. The number of hydrogen-bond acceptors (Lipinski definition) is 10. The minimum atomic E-state index is -4.32. The normalized spacial score (nSPS) is 20.7. The number of alkyl halides is 3. The second-order valence-corrected chi connectivity index (χ2v) is 12.9. The second kappa shape index (κ2) is 13.5. The number of alkyl carbamates (subject to hydrolysis) is 1. The molecular weight excluding hydrogens is 591 g/mol. The SMILES string of the molecule is CSC(=NCC[C@@H]1NS(=O)(=O)OCC1NC(=O)OCc1ccccc1)NS(=O)(=O)OCC(Cl)(Cl)Cl. The quantitative estimate of drug-likeness (QED) is 0.214. The smallest absolute Gasteiger partial charge is 0.407 e. The number of amides is 1. The van der Waals surface area contributed by atoms with Crippen molar-refractivity contribution in [2.75, 3.05) is 26.0 Å². The Balaban J connectivity index is 1.94. The Kier molecular flexibility index (Phi) is 11.6. The van der Waals surface area contributed by atoms with Gasteiger partial charge in [-0.2, -0.15) is 21.6 Å². The fourth-order valence-electron chi connectivity index (χ4n) is 2.62. The molecule has 1 saturated heterocycles. The van der Waals surface area contributed by atoms with Crippen molar-refractivity contribution in [3.63, 3.8) is 0 Å². The summed E-state index contributed by atoms with van der Waals surface area (Å²) in [5, 5.41) is 2.52. The Labute approximate surface area is 222 Å². The van der Waals surface area contributed by atoms with Gasteiger partial charge >= 0.3 is 26.7 Å². The van der Waals surface area contributed by atoms with Crippen molar-refractivity contribution < 1.29 is 34.7 Å². The lowest BCUT2D eigenvalue weighted by atomic mass is 10.1. The molecule has 0 bridgehead atoms. The number of hydrogen-bond donors (Lipinski definition) is 3. The van der Waals surface area contributed by atoms with Gasteiger partial charge in [-0.3, -0.25) is 9.18 Å². The van der Waals surface area contributed by atoms with Gasteiger partial charge < -0.3 is 10.1 Å². The number of carbonyl (C=O) groups excluding carboxylic acids is 1. The summed E-state index contributed by atoms with van der Waals surface area (Å²) in [5.74, 6) is 0. The Bertz CT molecular complexity index is 1090. The third-order valence-corrected chi connectivity index (χ3v) is 7.16. The van der Waals surface area contributed by atoms with E-state index in [4.69, 9.17) is 43.7 Å². The molecule has 0 aliphatic carbocycles. The van der Waals surface area contributed by atoms with Gasteiger partial charge in [0.2, 0.25) is 3.79 Å². The van der Waals surface area contributed by atoms with Gasteiger partial charge in [0, 0.05) is 12.6 Å². The lowest BCUT2D eigenvalue weighted by Crippen LogP contribution is -2.58. The van der Waals surface area contributed by atoms with Crippen molar-refractivity contribution in [3.8, 4) is 0 Å². The maximum Gasteiger partial charge on any atom is 0.407 e. The van der Waals surface area contributed by atoms with Crippen LogP contribution in [0.4, 0.5) is 4.79 Å². The Morgan fingerprint density at radius 1 is 1.31 bits per heavy atom. The molecule has 1 aromatic carbocycles. The molecule has 18 heteroatoms. The van der Waals surface area contributed by atoms with Gasteiger partial charge in [0.05, 0.1) is 12.6 Å². The molecule has 1 aliphatic heterocycles. The Morgan fingerprint density at radius 2 is 2.00 bits per heavy atom. The predicted octanol–water partition coefficient (Wildman–Crippen LogP) is 1.84. The molecule has 2 rings (SSSR count). The van der Waals surface area contributed by atoms with Crippen molar-refractivity contribution in [2.45, 2.75) is 28.9 Å². The first-order valence-electron chi connectivity index (χ1n) is 9.75. The van der Waals surface area contributed by atoms with Gasteiger partial charge in [-0.1, -0.05) is 76.9 Å². The third-order valence-electron chi connectivity index (χ3n) is 4.18. The van der Waals surface area contributed by atoms with Gasteiger partial charge in [-0.25, -0.2) is 13.7 Å². The summed E-state index contributed by atoms with van der Waals surface area (Å²) in [6.45, 7) is -1.03. The van der Waals surface area contributed by atoms with Crippen molar-refractivity contribution in [1.29, 1.82) is 0 Å². The van der Waals surface area contributed by atoms with Gasteiger partial charge in [0.15, 0.2) is 5.17 Å². The lowest BCUT2D eigenvalue weighted by molar-refractivity contribution is 0.122. The molecule has 1 amide bonds. The molecular formula is C17H23Cl3N4O8S3. The zero-order valence-corrected chi connectivity index (χ0v) is 22.9. The number of ether oxygens (including phenoxy) is 1. The molecule has 0 aromatic heterocycles. The number of amidine groups is 1. The van der Waals surface area contributed by atoms with E-state index >= 15 is 0 Å². The van der Waals surface area contributed by atoms with Crippen molar-refractivity contribution in [1.82, 2.24) is 14.8 Å². The predicted molar refractivity (Wildman–Crippen MR) is 134 cm³/mol. The van der Waals surface area contributed by atoms with Gasteiger partial charge in [-0.05, 0) is 18.2 Å². The van der Waals surface area contributed by atoms with Gasteiger partial charge in [0.25, 0.3) is 0 Å². The molecule has 0 saturated carbocycles. The Morgan fingerprint density at radius 3 is 2.63 bits per heavy atom. The zero-order chi connectivity index (χ0) is 26.1. The van der Waals surface area contributed by atoms with E-state index in [-0.39, 0.29) is 31.3 Å². The summed E-state index contributed by atoms with van der Waals surface area (Å²) in [5.41, 5.74) is 0.777. The van der Waals surface area contributed by atoms with Gasteiger partial charge in [0.1, 0.15) is 13.2 Å². The van der Waals surface area contributed by atoms with E-state index < -0.39 is 49.2 Å².